The molecule has 3 aromatic rings. The van der Waals surface area contributed by atoms with E-state index in [1.807, 2.05) is 62.4 Å². The molecule has 0 fully saturated rings. The van der Waals surface area contributed by atoms with Crippen LogP contribution in [-0.2, 0) is 5.75 Å². The number of rotatable bonds is 5. The number of hydrogen-bond donors (Lipinski definition) is 1. The van der Waals surface area contributed by atoms with Crippen molar-refractivity contribution < 1.29 is 4.79 Å². The molecule has 1 aromatic heterocycles. The Morgan fingerprint density at radius 2 is 1.88 bits per heavy atom. The summed E-state index contributed by atoms with van der Waals surface area (Å²) in [5.74, 6) is 0.681. The fourth-order valence-corrected chi connectivity index (χ4v) is 3.97. The number of benzene rings is 2. The number of aryl methyl sites for hydroxylation is 2. The number of thiazole rings is 1. The number of amides is 1. The number of carbonyl (C=O) groups excluding carboxylic acids is 1. The Morgan fingerprint density at radius 3 is 2.62 bits per heavy atom. The monoisotopic (exact) mass is 354 g/mol. The third kappa shape index (κ3) is 4.04. The van der Waals surface area contributed by atoms with Crippen molar-refractivity contribution in [2.24, 2.45) is 0 Å². The van der Waals surface area contributed by atoms with Crippen molar-refractivity contribution in [2.75, 3.05) is 5.32 Å². The number of thioether (sulfide) groups is 1. The van der Waals surface area contributed by atoms with Crippen LogP contribution in [0.1, 0.15) is 26.6 Å². The number of para-hydroxylation sites is 1. The maximum Gasteiger partial charge on any atom is 0.256 e. The van der Waals surface area contributed by atoms with Crippen LogP contribution in [0, 0.1) is 13.8 Å². The van der Waals surface area contributed by atoms with Crippen molar-refractivity contribution >= 4 is 34.7 Å². The molecule has 0 aliphatic heterocycles. The first-order valence-corrected chi connectivity index (χ1v) is 9.50. The second-order valence-electron chi connectivity index (χ2n) is 5.41. The summed E-state index contributed by atoms with van der Waals surface area (Å²) in [5.41, 5.74) is 3.64. The van der Waals surface area contributed by atoms with Gasteiger partial charge in [-0.1, -0.05) is 30.3 Å². The molecule has 0 unspecified atom stereocenters. The highest BCUT2D eigenvalue weighted by Gasteiger charge is 2.13. The molecule has 0 bridgehead atoms. The molecule has 0 aliphatic carbocycles. The van der Waals surface area contributed by atoms with Gasteiger partial charge in [0.2, 0.25) is 0 Å². The summed E-state index contributed by atoms with van der Waals surface area (Å²) in [5, 5.41) is 6.14. The molecule has 0 radical (unpaired) electrons. The number of anilines is 1. The van der Waals surface area contributed by atoms with E-state index in [9.17, 15) is 4.79 Å². The first-order valence-electron chi connectivity index (χ1n) is 7.63. The Bertz CT molecular complexity index is 858. The Balaban J connectivity index is 1.75. The summed E-state index contributed by atoms with van der Waals surface area (Å²) in [6.07, 6.45) is 0. The van der Waals surface area contributed by atoms with Gasteiger partial charge in [0.1, 0.15) is 0 Å². The predicted molar refractivity (Wildman–Crippen MR) is 102 cm³/mol. The van der Waals surface area contributed by atoms with Crippen LogP contribution in [0.25, 0.3) is 0 Å². The summed E-state index contributed by atoms with van der Waals surface area (Å²) in [6.45, 7) is 3.99. The van der Waals surface area contributed by atoms with Crippen molar-refractivity contribution in [1.82, 2.24) is 4.98 Å². The average Bonchev–Trinajstić information content (AvgIpc) is 3.01. The van der Waals surface area contributed by atoms with Crippen LogP contribution in [-0.4, -0.2) is 10.9 Å². The minimum Gasteiger partial charge on any atom is -0.322 e. The van der Waals surface area contributed by atoms with Crippen molar-refractivity contribution in [3.8, 4) is 0 Å². The second-order valence-corrected chi connectivity index (χ2v) is 7.49. The summed E-state index contributed by atoms with van der Waals surface area (Å²) < 4.78 is 0. The van der Waals surface area contributed by atoms with Crippen LogP contribution >= 0.6 is 23.1 Å². The number of nitrogens with one attached hydrogen (secondary N) is 1. The maximum atomic E-state index is 12.7. The highest BCUT2D eigenvalue weighted by molar-refractivity contribution is 7.98. The molecular formula is C19H18N2OS2. The molecule has 3 rings (SSSR count). The summed E-state index contributed by atoms with van der Waals surface area (Å²) in [4.78, 5) is 18.1. The van der Waals surface area contributed by atoms with E-state index in [-0.39, 0.29) is 5.91 Å². The smallest absolute Gasteiger partial charge is 0.256 e. The van der Waals surface area contributed by atoms with Gasteiger partial charge in [0.25, 0.3) is 5.91 Å². The zero-order valence-corrected chi connectivity index (χ0v) is 15.2. The van der Waals surface area contributed by atoms with Gasteiger partial charge in [-0.05, 0) is 37.6 Å². The molecule has 3 nitrogen and oxygen atoms in total. The molecule has 0 spiro atoms. The Hall–Kier alpha value is -2.11. The van der Waals surface area contributed by atoms with E-state index in [0.717, 1.165) is 32.6 Å². The zero-order chi connectivity index (χ0) is 16.9. The maximum absolute atomic E-state index is 12.7. The third-order valence-corrected chi connectivity index (χ3v) is 5.50. The lowest BCUT2D eigenvalue weighted by molar-refractivity contribution is 0.102. The van der Waals surface area contributed by atoms with E-state index >= 15 is 0 Å². The molecule has 122 valence electrons. The summed E-state index contributed by atoms with van der Waals surface area (Å²) in [6, 6.07) is 15.5. The summed E-state index contributed by atoms with van der Waals surface area (Å²) >= 11 is 3.29. The lowest BCUT2D eigenvalue weighted by atomic mass is 10.1. The van der Waals surface area contributed by atoms with Gasteiger partial charge in [-0.2, -0.15) is 0 Å². The van der Waals surface area contributed by atoms with E-state index in [0.29, 0.717) is 5.56 Å². The number of nitrogens with zero attached hydrogens (tertiary/aromatic N) is 1. The predicted octanol–water partition coefficient (Wildman–Crippen LogP) is 5.30. The van der Waals surface area contributed by atoms with Gasteiger partial charge < -0.3 is 5.32 Å². The molecule has 1 heterocycles. The van der Waals surface area contributed by atoms with Gasteiger partial charge in [0.15, 0.2) is 0 Å². The minimum absolute atomic E-state index is 0.0816. The molecule has 0 atom stereocenters. The van der Waals surface area contributed by atoms with Crippen LogP contribution in [0.2, 0.25) is 0 Å². The van der Waals surface area contributed by atoms with E-state index in [1.54, 1.807) is 23.1 Å². The van der Waals surface area contributed by atoms with E-state index in [1.165, 1.54) is 0 Å². The van der Waals surface area contributed by atoms with Crippen molar-refractivity contribution in [3.05, 3.63) is 75.7 Å². The Morgan fingerprint density at radius 1 is 1.12 bits per heavy atom. The highest BCUT2D eigenvalue weighted by Crippen LogP contribution is 2.27. The SMILES string of the molecule is Cc1nc(CSc2ccccc2C(=O)Nc2ccccc2C)cs1. The molecule has 24 heavy (non-hydrogen) atoms. The van der Waals surface area contributed by atoms with Gasteiger partial charge in [0, 0.05) is 21.7 Å². The van der Waals surface area contributed by atoms with Crippen LogP contribution in [0.3, 0.4) is 0 Å². The largest absolute Gasteiger partial charge is 0.322 e. The topological polar surface area (TPSA) is 42.0 Å². The molecule has 1 amide bonds. The third-order valence-electron chi connectivity index (χ3n) is 3.57. The van der Waals surface area contributed by atoms with Gasteiger partial charge in [-0.25, -0.2) is 4.98 Å². The number of aromatic nitrogens is 1. The molecule has 2 aromatic carbocycles. The molecule has 1 N–H and O–H groups in total. The fraction of sp³-hybridized carbons (Fsp3) is 0.158. The minimum atomic E-state index is -0.0816. The van der Waals surface area contributed by atoms with E-state index < -0.39 is 0 Å². The van der Waals surface area contributed by atoms with Gasteiger partial charge >= 0.3 is 0 Å². The van der Waals surface area contributed by atoms with Gasteiger partial charge in [-0.3, -0.25) is 4.79 Å². The van der Waals surface area contributed by atoms with Crippen LogP contribution in [0.15, 0.2) is 58.8 Å². The van der Waals surface area contributed by atoms with Crippen molar-refractivity contribution in [1.29, 1.82) is 0 Å². The average molecular weight is 355 g/mol. The van der Waals surface area contributed by atoms with E-state index in [2.05, 4.69) is 15.7 Å². The zero-order valence-electron chi connectivity index (χ0n) is 13.6. The van der Waals surface area contributed by atoms with Gasteiger partial charge in [-0.15, -0.1) is 23.1 Å². The van der Waals surface area contributed by atoms with Crippen LogP contribution in [0.4, 0.5) is 5.69 Å². The highest BCUT2D eigenvalue weighted by atomic mass is 32.2. The molecule has 0 aliphatic rings. The summed E-state index contributed by atoms with van der Waals surface area (Å²) in [7, 11) is 0. The quantitative estimate of drug-likeness (QED) is 0.632. The molecular weight excluding hydrogens is 336 g/mol. The normalized spacial score (nSPS) is 10.6. The number of carbonyl (C=O) groups is 1. The fourth-order valence-electron chi connectivity index (χ4n) is 2.31. The second kappa shape index (κ2) is 7.64. The van der Waals surface area contributed by atoms with Crippen LogP contribution in [0.5, 0.6) is 0 Å². The lowest BCUT2D eigenvalue weighted by Crippen LogP contribution is -2.13. The van der Waals surface area contributed by atoms with Crippen LogP contribution < -0.4 is 5.32 Å². The van der Waals surface area contributed by atoms with Gasteiger partial charge in [0.05, 0.1) is 16.3 Å². The Labute approximate surface area is 150 Å². The first-order chi connectivity index (χ1) is 11.6. The molecule has 0 saturated carbocycles. The van der Waals surface area contributed by atoms with Crippen molar-refractivity contribution in [3.63, 3.8) is 0 Å². The van der Waals surface area contributed by atoms with Crippen molar-refractivity contribution in [2.45, 2.75) is 24.5 Å². The Kier molecular flexibility index (Phi) is 5.33. The lowest BCUT2D eigenvalue weighted by Gasteiger charge is -2.11. The molecule has 5 heteroatoms. The van der Waals surface area contributed by atoms with E-state index in [4.69, 9.17) is 0 Å². The standard InChI is InChI=1S/C19H18N2OS2/c1-13-7-3-5-9-17(13)21-19(22)16-8-4-6-10-18(16)24-12-15-11-23-14(2)20-15/h3-11H,12H2,1-2H3,(H,21,22). The number of hydrogen-bond acceptors (Lipinski definition) is 4. The molecule has 0 saturated heterocycles. The first kappa shape index (κ1) is 16.7.